The second kappa shape index (κ2) is 12.1. The van der Waals surface area contributed by atoms with E-state index in [2.05, 4.69) is 5.32 Å². The Morgan fingerprint density at radius 3 is 2.06 bits per heavy atom. The molecule has 2 atom stereocenters. The summed E-state index contributed by atoms with van der Waals surface area (Å²) in [5.74, 6) is -0.879. The number of carbonyl (C=O) groups excluding carboxylic acids is 4. The maximum atomic E-state index is 14.0. The topological polar surface area (TPSA) is 105 Å². The van der Waals surface area contributed by atoms with Gasteiger partial charge in [-0.25, -0.2) is 4.79 Å². The fourth-order valence-corrected chi connectivity index (χ4v) is 4.90. The number of nitrogens with one attached hydrogen (secondary N) is 1. The molecule has 1 saturated heterocycles. The van der Waals surface area contributed by atoms with Crippen LogP contribution in [0.2, 0.25) is 0 Å². The van der Waals surface area contributed by atoms with E-state index in [4.69, 9.17) is 9.47 Å². The molecule has 2 rings (SSSR count). The number of carbonyl (C=O) groups is 4. The highest BCUT2D eigenvalue weighted by Gasteiger charge is 2.43. The minimum absolute atomic E-state index is 0.219. The van der Waals surface area contributed by atoms with E-state index < -0.39 is 41.9 Å². The molecule has 1 N–H and O–H groups in total. The van der Waals surface area contributed by atoms with Crippen molar-refractivity contribution in [2.75, 3.05) is 20.1 Å². The van der Waals surface area contributed by atoms with Gasteiger partial charge in [-0.05, 0) is 66.7 Å². The van der Waals surface area contributed by atoms with Gasteiger partial charge < -0.3 is 19.7 Å². The largest absolute Gasteiger partial charge is 0.459 e. The summed E-state index contributed by atoms with van der Waals surface area (Å²) in [5, 5.41) is 2.64. The quantitative estimate of drug-likeness (QED) is 0.541. The molecule has 2 aliphatic rings. The van der Waals surface area contributed by atoms with Gasteiger partial charge in [0.1, 0.15) is 29.8 Å². The van der Waals surface area contributed by atoms with Crippen molar-refractivity contribution in [3.05, 3.63) is 0 Å². The monoisotopic (exact) mass is 495 g/mol. The number of likely N-dealkylation sites (tertiary alicyclic amines) is 1. The summed E-state index contributed by atoms with van der Waals surface area (Å²) in [7, 11) is 1.55. The van der Waals surface area contributed by atoms with Crippen LogP contribution in [0.25, 0.3) is 0 Å². The van der Waals surface area contributed by atoms with E-state index >= 15 is 0 Å². The summed E-state index contributed by atoms with van der Waals surface area (Å²) in [5.41, 5.74) is -1.54. The van der Waals surface area contributed by atoms with Crippen LogP contribution in [0, 0.1) is 5.92 Å². The smallest absolute Gasteiger partial charge is 0.411 e. The molecule has 35 heavy (non-hydrogen) atoms. The third-order valence-electron chi connectivity index (χ3n) is 6.38. The Morgan fingerprint density at radius 2 is 1.51 bits per heavy atom. The van der Waals surface area contributed by atoms with Crippen LogP contribution in [-0.2, 0) is 23.9 Å². The number of nitrogens with zero attached hydrogens (tertiary/aromatic N) is 2. The first kappa shape index (κ1) is 28.9. The molecule has 1 unspecified atom stereocenters. The summed E-state index contributed by atoms with van der Waals surface area (Å²) in [6, 6.07) is -1.49. The summed E-state index contributed by atoms with van der Waals surface area (Å²) in [6.07, 6.45) is 6.23. The van der Waals surface area contributed by atoms with Gasteiger partial charge in [-0.2, -0.15) is 0 Å². The average Bonchev–Trinajstić information content (AvgIpc) is 3.23. The number of ether oxygens (including phenoxy) is 2. The van der Waals surface area contributed by atoms with Crippen LogP contribution in [0.3, 0.4) is 0 Å². The van der Waals surface area contributed by atoms with Crippen molar-refractivity contribution < 1.29 is 28.7 Å². The van der Waals surface area contributed by atoms with Gasteiger partial charge in [0, 0.05) is 13.6 Å². The molecule has 200 valence electrons. The molecule has 0 aromatic rings. The molecule has 1 aliphatic carbocycles. The highest BCUT2D eigenvalue weighted by atomic mass is 16.6. The molecule has 9 heteroatoms. The Bertz CT molecular complexity index is 764. The highest BCUT2D eigenvalue weighted by Crippen LogP contribution is 2.31. The van der Waals surface area contributed by atoms with Crippen LogP contribution in [0.4, 0.5) is 4.79 Å². The lowest BCUT2D eigenvalue weighted by molar-refractivity contribution is -0.158. The second-order valence-electron chi connectivity index (χ2n) is 11.8. The van der Waals surface area contributed by atoms with E-state index in [1.807, 2.05) is 0 Å². The number of hydrogen-bond acceptors (Lipinski definition) is 6. The first-order chi connectivity index (χ1) is 16.2. The van der Waals surface area contributed by atoms with Crippen molar-refractivity contribution in [1.82, 2.24) is 15.1 Å². The summed E-state index contributed by atoms with van der Waals surface area (Å²) in [6.45, 7) is 10.5. The normalized spacial score (nSPS) is 20.2. The van der Waals surface area contributed by atoms with Crippen molar-refractivity contribution in [1.29, 1.82) is 0 Å². The lowest BCUT2D eigenvalue weighted by Crippen LogP contribution is -2.57. The molecule has 9 nitrogen and oxygen atoms in total. The predicted octanol–water partition coefficient (Wildman–Crippen LogP) is 3.64. The predicted molar refractivity (Wildman–Crippen MR) is 133 cm³/mol. The number of esters is 1. The van der Waals surface area contributed by atoms with Crippen LogP contribution < -0.4 is 5.32 Å². The zero-order chi connectivity index (χ0) is 26.4. The molecule has 1 heterocycles. The van der Waals surface area contributed by atoms with E-state index in [1.54, 1.807) is 53.5 Å². The van der Waals surface area contributed by atoms with Crippen LogP contribution in [0.5, 0.6) is 0 Å². The van der Waals surface area contributed by atoms with Gasteiger partial charge in [-0.15, -0.1) is 0 Å². The second-order valence-corrected chi connectivity index (χ2v) is 11.8. The lowest BCUT2D eigenvalue weighted by Gasteiger charge is -2.38. The zero-order valence-electron chi connectivity index (χ0n) is 22.6. The van der Waals surface area contributed by atoms with E-state index in [1.165, 1.54) is 4.90 Å². The highest BCUT2D eigenvalue weighted by molar-refractivity contribution is 5.92. The van der Waals surface area contributed by atoms with Crippen LogP contribution in [0.1, 0.15) is 92.9 Å². The molecule has 0 spiro atoms. The van der Waals surface area contributed by atoms with Gasteiger partial charge in [0.15, 0.2) is 0 Å². The Morgan fingerprint density at radius 1 is 0.914 bits per heavy atom. The van der Waals surface area contributed by atoms with Crippen LogP contribution >= 0.6 is 0 Å². The molecular formula is C26H45N3O6. The Hall–Kier alpha value is -2.32. The van der Waals surface area contributed by atoms with Gasteiger partial charge in [0.05, 0.1) is 0 Å². The molecule has 0 aromatic heterocycles. The van der Waals surface area contributed by atoms with Crippen LogP contribution in [0.15, 0.2) is 0 Å². The van der Waals surface area contributed by atoms with Crippen molar-refractivity contribution >= 4 is 23.9 Å². The Kier molecular flexibility index (Phi) is 9.98. The van der Waals surface area contributed by atoms with E-state index in [0.29, 0.717) is 25.8 Å². The van der Waals surface area contributed by atoms with Crippen molar-refractivity contribution in [2.24, 2.45) is 5.92 Å². The molecule has 0 aromatic carbocycles. The molecule has 2 fully saturated rings. The average molecular weight is 496 g/mol. The van der Waals surface area contributed by atoms with E-state index in [0.717, 1.165) is 32.1 Å². The van der Waals surface area contributed by atoms with Crippen LogP contribution in [-0.4, -0.2) is 77.1 Å². The fourth-order valence-electron chi connectivity index (χ4n) is 4.90. The van der Waals surface area contributed by atoms with Gasteiger partial charge >= 0.3 is 12.1 Å². The van der Waals surface area contributed by atoms with E-state index in [9.17, 15) is 19.2 Å². The first-order valence-corrected chi connectivity index (χ1v) is 13.0. The zero-order valence-corrected chi connectivity index (χ0v) is 22.6. The van der Waals surface area contributed by atoms with Crippen molar-refractivity contribution in [3.8, 4) is 0 Å². The Balaban J connectivity index is 2.41. The summed E-state index contributed by atoms with van der Waals surface area (Å²) in [4.78, 5) is 55.5. The molecule has 0 bridgehead atoms. The fraction of sp³-hybridized carbons (Fsp3) is 0.846. The number of likely N-dealkylation sites (N-methyl/N-ethyl adjacent to an activating group) is 1. The van der Waals surface area contributed by atoms with E-state index in [-0.39, 0.29) is 17.7 Å². The van der Waals surface area contributed by atoms with Gasteiger partial charge in [0.2, 0.25) is 11.8 Å². The van der Waals surface area contributed by atoms with Crippen molar-refractivity contribution in [2.45, 2.75) is 116 Å². The van der Waals surface area contributed by atoms with Gasteiger partial charge in [-0.1, -0.05) is 32.1 Å². The summed E-state index contributed by atoms with van der Waals surface area (Å²) < 4.78 is 11.1. The molecule has 3 amide bonds. The van der Waals surface area contributed by atoms with Gasteiger partial charge in [-0.3, -0.25) is 19.3 Å². The SMILES string of the molecule is CNC(=O)C1CCCN1C(=O)[C@@H](CC1CCCCC1)N(CC(=O)OC(C)(C)C)C(=O)OC(C)(C)C. The third kappa shape index (κ3) is 9.00. The third-order valence-corrected chi connectivity index (χ3v) is 6.38. The molecule has 1 aliphatic heterocycles. The molecular weight excluding hydrogens is 450 g/mol. The van der Waals surface area contributed by atoms with Gasteiger partial charge in [0.25, 0.3) is 0 Å². The minimum Gasteiger partial charge on any atom is -0.459 e. The number of rotatable bonds is 7. The summed E-state index contributed by atoms with van der Waals surface area (Å²) >= 11 is 0. The minimum atomic E-state index is -0.911. The number of amides is 3. The lowest BCUT2D eigenvalue weighted by atomic mass is 9.84. The molecule has 1 saturated carbocycles. The standard InChI is InChI=1S/C26H45N3O6/c1-25(2,3)34-21(30)17-29(24(33)35-26(4,5)6)20(16-18-12-9-8-10-13-18)23(32)28-15-11-14-19(28)22(31)27-7/h18-20H,8-17H2,1-7H3,(H,27,31)/t19?,20-/m1/s1. The Labute approximate surface area is 210 Å². The number of hydrogen-bond donors (Lipinski definition) is 1. The first-order valence-electron chi connectivity index (χ1n) is 13.0. The maximum Gasteiger partial charge on any atom is 0.411 e. The van der Waals surface area contributed by atoms with Crippen molar-refractivity contribution in [3.63, 3.8) is 0 Å². The maximum absolute atomic E-state index is 14.0. The molecule has 0 radical (unpaired) electrons.